The normalized spacial score (nSPS) is 19.7. The molecule has 21 heavy (non-hydrogen) atoms. The zero-order valence-corrected chi connectivity index (χ0v) is 14.6. The Balaban J connectivity index is 1.90. The first-order valence-electron chi connectivity index (χ1n) is 7.50. The Morgan fingerprint density at radius 3 is 3.05 bits per heavy atom. The second kappa shape index (κ2) is 6.63. The van der Waals surface area contributed by atoms with E-state index in [9.17, 15) is 0 Å². The summed E-state index contributed by atoms with van der Waals surface area (Å²) in [5.41, 5.74) is 1.93. The zero-order valence-electron chi connectivity index (χ0n) is 12.2. The molecule has 2 aromatic heterocycles. The summed E-state index contributed by atoms with van der Waals surface area (Å²) in [5.74, 6) is 2.33. The maximum atomic E-state index is 5.94. The molecule has 1 fully saturated rings. The van der Waals surface area contributed by atoms with Gasteiger partial charge in [-0.05, 0) is 47.4 Å². The van der Waals surface area contributed by atoms with Crippen LogP contribution in [0.2, 0.25) is 0 Å². The molecule has 114 valence electrons. The van der Waals surface area contributed by atoms with Crippen LogP contribution in [0.1, 0.15) is 19.2 Å². The van der Waals surface area contributed by atoms with Gasteiger partial charge in [0.25, 0.3) is 0 Å². The molecule has 1 aliphatic rings. The van der Waals surface area contributed by atoms with Crippen molar-refractivity contribution in [2.45, 2.75) is 26.3 Å². The molecule has 0 N–H and O–H groups in total. The lowest BCUT2D eigenvalue weighted by molar-refractivity contribution is 0.332. The third kappa shape index (κ3) is 3.25. The molecule has 6 heteroatoms. The van der Waals surface area contributed by atoms with Gasteiger partial charge >= 0.3 is 0 Å². The number of rotatable bonds is 5. The second-order valence-corrected chi connectivity index (χ2v) is 6.92. The lowest BCUT2D eigenvalue weighted by Crippen LogP contribution is -2.22. The second-order valence-electron chi connectivity index (χ2n) is 5.62. The number of alkyl halides is 1. The molecule has 1 saturated heterocycles. The highest BCUT2D eigenvalue weighted by molar-refractivity contribution is 9.10. The maximum absolute atomic E-state index is 5.94. The van der Waals surface area contributed by atoms with E-state index >= 15 is 0 Å². The Labute approximate surface area is 138 Å². The largest absolute Gasteiger partial charge is 0.312 e. The summed E-state index contributed by atoms with van der Waals surface area (Å²) in [6.45, 7) is 6.74. The molecular formula is C15H20BrClN4. The Hall–Kier alpha value is -0.650. The van der Waals surface area contributed by atoms with Crippen molar-refractivity contribution in [2.24, 2.45) is 5.92 Å². The van der Waals surface area contributed by atoms with Crippen LogP contribution in [0.3, 0.4) is 0 Å². The Morgan fingerprint density at radius 2 is 2.33 bits per heavy atom. The van der Waals surface area contributed by atoms with Crippen LogP contribution in [0.15, 0.2) is 16.7 Å². The maximum Gasteiger partial charge on any atom is 0.160 e. The average molecular weight is 372 g/mol. The van der Waals surface area contributed by atoms with Crippen LogP contribution < -0.4 is 0 Å². The van der Waals surface area contributed by atoms with Gasteiger partial charge in [-0.2, -0.15) is 0 Å². The Morgan fingerprint density at radius 1 is 1.48 bits per heavy atom. The van der Waals surface area contributed by atoms with Gasteiger partial charge in [0.1, 0.15) is 11.3 Å². The topological polar surface area (TPSA) is 34.0 Å². The van der Waals surface area contributed by atoms with Gasteiger partial charge in [0.2, 0.25) is 0 Å². The molecule has 0 saturated carbocycles. The minimum atomic E-state index is 0.593. The minimum Gasteiger partial charge on any atom is -0.312 e. The van der Waals surface area contributed by atoms with Crippen molar-refractivity contribution in [3.8, 4) is 0 Å². The van der Waals surface area contributed by atoms with Gasteiger partial charge in [-0.1, -0.05) is 6.92 Å². The minimum absolute atomic E-state index is 0.593. The molecule has 0 aromatic carbocycles. The van der Waals surface area contributed by atoms with Crippen LogP contribution in [0.5, 0.6) is 0 Å². The molecule has 0 spiro atoms. The highest BCUT2D eigenvalue weighted by atomic mass is 79.9. The van der Waals surface area contributed by atoms with E-state index in [1.165, 1.54) is 19.5 Å². The van der Waals surface area contributed by atoms with E-state index in [1.807, 2.05) is 12.3 Å². The lowest BCUT2D eigenvalue weighted by atomic mass is 10.1. The van der Waals surface area contributed by atoms with Gasteiger partial charge in [-0.15, -0.1) is 11.6 Å². The lowest BCUT2D eigenvalue weighted by Gasteiger charge is -2.15. The summed E-state index contributed by atoms with van der Waals surface area (Å²) in [4.78, 5) is 11.8. The van der Waals surface area contributed by atoms with E-state index in [0.29, 0.717) is 11.8 Å². The molecule has 1 atom stereocenters. The van der Waals surface area contributed by atoms with Gasteiger partial charge < -0.3 is 9.47 Å². The molecule has 1 aliphatic heterocycles. The van der Waals surface area contributed by atoms with Crippen LogP contribution in [-0.2, 0) is 13.0 Å². The highest BCUT2D eigenvalue weighted by Gasteiger charge is 2.23. The van der Waals surface area contributed by atoms with E-state index in [1.54, 1.807) is 0 Å². The number of likely N-dealkylation sites (tertiary alicyclic amines) is 1. The molecule has 4 nitrogen and oxygen atoms in total. The number of pyridine rings is 1. The standard InChI is InChI=1S/C15H20BrClN4/c1-2-20-6-4-11(9-20)10-21-14(3-5-17)19-13-7-12(16)8-18-15(13)21/h7-8,11H,2-6,9-10H2,1H3. The predicted molar refractivity (Wildman–Crippen MR) is 89.9 cm³/mol. The van der Waals surface area contributed by atoms with Crippen LogP contribution in [0.4, 0.5) is 0 Å². The van der Waals surface area contributed by atoms with E-state index in [-0.39, 0.29) is 0 Å². The zero-order chi connectivity index (χ0) is 14.8. The van der Waals surface area contributed by atoms with Crippen molar-refractivity contribution in [3.05, 3.63) is 22.6 Å². The molecule has 0 aliphatic carbocycles. The van der Waals surface area contributed by atoms with Gasteiger partial charge in [0, 0.05) is 36.1 Å². The third-order valence-electron chi connectivity index (χ3n) is 4.21. The number of aromatic nitrogens is 3. The average Bonchev–Trinajstić information content (AvgIpc) is 3.05. The van der Waals surface area contributed by atoms with Crippen molar-refractivity contribution >= 4 is 38.7 Å². The summed E-state index contributed by atoms with van der Waals surface area (Å²) < 4.78 is 3.24. The number of hydrogen-bond acceptors (Lipinski definition) is 3. The van der Waals surface area contributed by atoms with Gasteiger partial charge in [0.15, 0.2) is 5.65 Å². The number of aryl methyl sites for hydroxylation is 1. The summed E-state index contributed by atoms with van der Waals surface area (Å²) in [5, 5.41) is 0. The van der Waals surface area contributed by atoms with Crippen molar-refractivity contribution in [1.82, 2.24) is 19.4 Å². The quantitative estimate of drug-likeness (QED) is 0.756. The summed E-state index contributed by atoms with van der Waals surface area (Å²) >= 11 is 9.40. The summed E-state index contributed by atoms with van der Waals surface area (Å²) in [7, 11) is 0. The first-order valence-corrected chi connectivity index (χ1v) is 8.83. The Bertz CT molecular complexity index is 627. The fraction of sp³-hybridized carbons (Fsp3) is 0.600. The fourth-order valence-corrected chi connectivity index (χ4v) is 3.60. The molecule has 2 aromatic rings. The predicted octanol–water partition coefficient (Wildman–Crippen LogP) is 3.32. The molecule has 0 radical (unpaired) electrons. The van der Waals surface area contributed by atoms with Crippen LogP contribution >= 0.6 is 27.5 Å². The monoisotopic (exact) mass is 370 g/mol. The van der Waals surface area contributed by atoms with Gasteiger partial charge in [-0.3, -0.25) is 0 Å². The molecular weight excluding hydrogens is 352 g/mol. The number of hydrogen-bond donors (Lipinski definition) is 0. The molecule has 0 amide bonds. The number of halogens is 2. The Kier molecular flexibility index (Phi) is 4.82. The first-order chi connectivity index (χ1) is 10.2. The van der Waals surface area contributed by atoms with E-state index in [4.69, 9.17) is 16.6 Å². The summed E-state index contributed by atoms with van der Waals surface area (Å²) in [6.07, 6.45) is 3.89. The smallest absolute Gasteiger partial charge is 0.160 e. The van der Waals surface area contributed by atoms with Crippen molar-refractivity contribution < 1.29 is 0 Å². The SMILES string of the molecule is CCN1CCC(Cn2c(CCCl)nc3cc(Br)cnc32)C1. The molecule has 1 unspecified atom stereocenters. The van der Waals surface area contributed by atoms with E-state index < -0.39 is 0 Å². The van der Waals surface area contributed by atoms with Crippen molar-refractivity contribution in [2.75, 3.05) is 25.5 Å². The van der Waals surface area contributed by atoms with E-state index in [0.717, 1.165) is 41.0 Å². The van der Waals surface area contributed by atoms with Crippen LogP contribution in [0, 0.1) is 5.92 Å². The first kappa shape index (κ1) is 15.3. The number of imidazole rings is 1. The molecule has 3 heterocycles. The van der Waals surface area contributed by atoms with Gasteiger partial charge in [-0.25, -0.2) is 9.97 Å². The third-order valence-corrected chi connectivity index (χ3v) is 4.83. The van der Waals surface area contributed by atoms with Crippen molar-refractivity contribution in [1.29, 1.82) is 0 Å². The number of fused-ring (bicyclic) bond motifs is 1. The summed E-state index contributed by atoms with van der Waals surface area (Å²) in [6, 6.07) is 2.03. The van der Waals surface area contributed by atoms with Crippen molar-refractivity contribution in [3.63, 3.8) is 0 Å². The van der Waals surface area contributed by atoms with E-state index in [2.05, 4.69) is 37.3 Å². The number of nitrogens with zero attached hydrogens (tertiary/aromatic N) is 4. The van der Waals surface area contributed by atoms with Crippen LogP contribution in [0.25, 0.3) is 11.2 Å². The fourth-order valence-electron chi connectivity index (χ4n) is 3.11. The van der Waals surface area contributed by atoms with Crippen LogP contribution in [-0.4, -0.2) is 44.9 Å². The van der Waals surface area contributed by atoms with Gasteiger partial charge in [0.05, 0.1) is 0 Å². The highest BCUT2D eigenvalue weighted by Crippen LogP contribution is 2.23. The molecule has 3 rings (SSSR count). The molecule has 0 bridgehead atoms.